The van der Waals surface area contributed by atoms with Gasteiger partial charge in [-0.2, -0.15) is 8.42 Å². The Kier molecular flexibility index (Phi) is 11.9. The van der Waals surface area contributed by atoms with Gasteiger partial charge in [0.05, 0.1) is 12.4 Å². The Morgan fingerprint density at radius 2 is 1.41 bits per heavy atom. The summed E-state index contributed by atoms with van der Waals surface area (Å²) in [6.07, 6.45) is 0. The minimum absolute atomic E-state index is 0. The van der Waals surface area contributed by atoms with Crippen molar-refractivity contribution in [2.75, 3.05) is 51.6 Å². The molecular formula is C8H20ClN2NaO4S. The van der Waals surface area contributed by atoms with Gasteiger partial charge < -0.3 is 5.11 Å². The summed E-state index contributed by atoms with van der Waals surface area (Å²) in [6.45, 7) is 4.46. The van der Waals surface area contributed by atoms with E-state index in [0.717, 1.165) is 26.2 Å². The molecule has 0 atom stereocenters. The van der Waals surface area contributed by atoms with Crippen molar-refractivity contribution in [3.63, 3.8) is 0 Å². The van der Waals surface area contributed by atoms with Crippen molar-refractivity contribution in [1.29, 1.82) is 0 Å². The van der Waals surface area contributed by atoms with E-state index < -0.39 is 10.1 Å². The summed E-state index contributed by atoms with van der Waals surface area (Å²) in [7, 11) is -3.84. The molecule has 0 aromatic carbocycles. The Morgan fingerprint density at radius 1 is 1.00 bits per heavy atom. The van der Waals surface area contributed by atoms with E-state index >= 15 is 0 Å². The van der Waals surface area contributed by atoms with E-state index in [9.17, 15) is 8.42 Å². The minimum atomic E-state index is -3.84. The predicted octanol–water partition coefficient (Wildman–Crippen LogP) is -1.74. The molecule has 1 fully saturated rings. The normalized spacial score (nSPS) is 18.2. The standard InChI is InChI=1S/C8H18N2O4S.ClH.Na.H/c11-7-5-9-1-3-10(4-2-9)6-8-15(12,13)14;;;/h11H,1-8H2,(H,12,13,14);1H;;. The third kappa shape index (κ3) is 9.63. The van der Waals surface area contributed by atoms with Crippen molar-refractivity contribution in [2.24, 2.45) is 0 Å². The van der Waals surface area contributed by atoms with E-state index in [1.54, 1.807) is 0 Å². The fourth-order valence-corrected chi connectivity index (χ4v) is 2.11. The van der Waals surface area contributed by atoms with Crippen LogP contribution in [0.2, 0.25) is 0 Å². The molecule has 1 saturated heterocycles. The molecule has 9 heteroatoms. The molecule has 0 bridgehead atoms. The fourth-order valence-electron chi connectivity index (χ4n) is 1.62. The van der Waals surface area contributed by atoms with Gasteiger partial charge in [-0.05, 0) is 0 Å². The van der Waals surface area contributed by atoms with Crippen LogP contribution >= 0.6 is 12.4 Å². The summed E-state index contributed by atoms with van der Waals surface area (Å²) in [4.78, 5) is 4.13. The van der Waals surface area contributed by atoms with Gasteiger partial charge in [0.15, 0.2) is 0 Å². The van der Waals surface area contributed by atoms with E-state index in [1.807, 2.05) is 4.90 Å². The molecule has 6 nitrogen and oxygen atoms in total. The Morgan fingerprint density at radius 3 is 1.76 bits per heavy atom. The summed E-state index contributed by atoms with van der Waals surface area (Å²) in [5.41, 5.74) is 0. The summed E-state index contributed by atoms with van der Waals surface area (Å²) in [6, 6.07) is 0. The molecule has 100 valence electrons. The molecule has 17 heavy (non-hydrogen) atoms. The molecule has 1 rings (SSSR count). The topological polar surface area (TPSA) is 81.1 Å². The summed E-state index contributed by atoms with van der Waals surface area (Å²) in [5, 5.41) is 8.73. The maximum atomic E-state index is 10.5. The van der Waals surface area contributed by atoms with Gasteiger partial charge in [0.1, 0.15) is 0 Å². The van der Waals surface area contributed by atoms with E-state index in [-0.39, 0.29) is 54.3 Å². The van der Waals surface area contributed by atoms with Crippen LogP contribution in [0.15, 0.2) is 0 Å². The number of aliphatic hydroxyl groups is 1. The van der Waals surface area contributed by atoms with Crippen molar-refractivity contribution < 1.29 is 18.1 Å². The van der Waals surface area contributed by atoms with Crippen LogP contribution in [-0.2, 0) is 10.1 Å². The van der Waals surface area contributed by atoms with Crippen LogP contribution in [0, 0.1) is 0 Å². The quantitative estimate of drug-likeness (QED) is 0.463. The second-order valence-corrected chi connectivity index (χ2v) is 5.27. The molecule has 0 spiro atoms. The zero-order valence-electron chi connectivity index (χ0n) is 9.08. The molecule has 1 aliphatic heterocycles. The van der Waals surface area contributed by atoms with Crippen LogP contribution in [0.4, 0.5) is 0 Å². The first-order valence-electron chi connectivity index (χ1n) is 5.02. The molecule has 1 heterocycles. The van der Waals surface area contributed by atoms with Crippen LogP contribution in [0.5, 0.6) is 0 Å². The van der Waals surface area contributed by atoms with E-state index in [2.05, 4.69) is 4.90 Å². The third-order valence-corrected chi connectivity index (χ3v) is 3.25. The molecule has 0 radical (unpaired) electrons. The van der Waals surface area contributed by atoms with Crippen molar-refractivity contribution in [3.8, 4) is 0 Å². The van der Waals surface area contributed by atoms with Crippen LogP contribution in [0.3, 0.4) is 0 Å². The van der Waals surface area contributed by atoms with Gasteiger partial charge >= 0.3 is 29.6 Å². The summed E-state index contributed by atoms with van der Waals surface area (Å²) < 4.78 is 29.6. The molecule has 0 unspecified atom stereocenters. The van der Waals surface area contributed by atoms with Crippen molar-refractivity contribution in [1.82, 2.24) is 9.80 Å². The average molecular weight is 299 g/mol. The van der Waals surface area contributed by atoms with E-state index in [0.29, 0.717) is 13.1 Å². The summed E-state index contributed by atoms with van der Waals surface area (Å²) in [5.74, 6) is -0.201. The third-order valence-electron chi connectivity index (χ3n) is 2.55. The molecule has 0 aliphatic carbocycles. The van der Waals surface area contributed by atoms with Crippen LogP contribution in [0.25, 0.3) is 0 Å². The molecule has 1 aliphatic rings. The monoisotopic (exact) mass is 298 g/mol. The van der Waals surface area contributed by atoms with Gasteiger partial charge in [0, 0.05) is 39.3 Å². The number of piperazine rings is 1. The molecule has 2 N–H and O–H groups in total. The molecule has 0 saturated carbocycles. The van der Waals surface area contributed by atoms with E-state index in [4.69, 9.17) is 9.66 Å². The Labute approximate surface area is 131 Å². The zero-order valence-corrected chi connectivity index (χ0v) is 10.7. The van der Waals surface area contributed by atoms with Gasteiger partial charge in [0.25, 0.3) is 10.1 Å². The fraction of sp³-hybridized carbons (Fsp3) is 1.00. The van der Waals surface area contributed by atoms with Crippen LogP contribution in [0.1, 0.15) is 0 Å². The Hall–Kier alpha value is 1.08. The van der Waals surface area contributed by atoms with Crippen molar-refractivity contribution >= 4 is 52.1 Å². The van der Waals surface area contributed by atoms with Crippen molar-refractivity contribution in [2.45, 2.75) is 0 Å². The molecule has 0 aromatic heterocycles. The second kappa shape index (κ2) is 9.94. The number of hydrogen-bond donors (Lipinski definition) is 2. The van der Waals surface area contributed by atoms with Gasteiger partial charge in [-0.15, -0.1) is 12.4 Å². The first-order valence-corrected chi connectivity index (χ1v) is 6.63. The predicted molar refractivity (Wildman–Crippen MR) is 70.8 cm³/mol. The van der Waals surface area contributed by atoms with Gasteiger partial charge in [-0.25, -0.2) is 0 Å². The number of aliphatic hydroxyl groups excluding tert-OH is 1. The zero-order chi connectivity index (χ0) is 11.3. The van der Waals surface area contributed by atoms with E-state index in [1.165, 1.54) is 0 Å². The Balaban J connectivity index is 0. The maximum absolute atomic E-state index is 10.5. The molecular weight excluding hydrogens is 279 g/mol. The number of halogens is 1. The first kappa shape index (κ1) is 20.4. The number of β-amino-alcohol motifs (C(OH)–C–C–N with tert-alkyl or cyclic N) is 1. The Bertz CT molecular complexity index is 283. The number of rotatable bonds is 5. The average Bonchev–Trinajstić information content (AvgIpc) is 2.16. The van der Waals surface area contributed by atoms with Crippen LogP contribution in [-0.4, -0.2) is 109 Å². The second-order valence-electron chi connectivity index (χ2n) is 3.69. The first-order chi connectivity index (χ1) is 7.01. The number of nitrogens with zero attached hydrogens (tertiary/aromatic N) is 2. The van der Waals surface area contributed by atoms with Gasteiger partial charge in [0.2, 0.25) is 0 Å². The van der Waals surface area contributed by atoms with Crippen LogP contribution < -0.4 is 0 Å². The van der Waals surface area contributed by atoms with Gasteiger partial charge in [-0.1, -0.05) is 0 Å². The van der Waals surface area contributed by atoms with Crippen molar-refractivity contribution in [3.05, 3.63) is 0 Å². The molecule has 0 amide bonds. The summed E-state index contributed by atoms with van der Waals surface area (Å²) >= 11 is 0. The number of hydrogen-bond acceptors (Lipinski definition) is 5. The SMILES string of the molecule is Cl.O=S(=O)(O)CCN1CCN(CCO)CC1.[NaH]. The molecule has 0 aromatic rings. The van der Waals surface area contributed by atoms with Gasteiger partial charge in [-0.3, -0.25) is 14.4 Å².